The summed E-state index contributed by atoms with van der Waals surface area (Å²) >= 11 is 0. The number of benzene rings is 1. The highest BCUT2D eigenvalue weighted by Gasteiger charge is 2.54. The molecule has 5 rings (SSSR count). The molecular formula is C25H23NO7. The van der Waals surface area contributed by atoms with E-state index in [1.807, 2.05) is 6.08 Å². The van der Waals surface area contributed by atoms with Gasteiger partial charge in [0.15, 0.2) is 11.6 Å². The predicted molar refractivity (Wildman–Crippen MR) is 116 cm³/mol. The second-order valence-electron chi connectivity index (χ2n) is 8.85. The molecule has 1 fully saturated rings. The van der Waals surface area contributed by atoms with Crippen molar-refractivity contribution in [2.24, 2.45) is 17.8 Å². The van der Waals surface area contributed by atoms with Gasteiger partial charge in [0.1, 0.15) is 17.2 Å². The second-order valence-corrected chi connectivity index (χ2v) is 8.85. The van der Waals surface area contributed by atoms with E-state index in [1.54, 1.807) is 6.92 Å². The van der Waals surface area contributed by atoms with Crippen molar-refractivity contribution in [3.8, 4) is 17.2 Å². The molecule has 3 aliphatic carbocycles. The molecule has 33 heavy (non-hydrogen) atoms. The van der Waals surface area contributed by atoms with Crippen LogP contribution in [0.5, 0.6) is 17.2 Å². The lowest BCUT2D eigenvalue weighted by atomic mass is 9.59. The Morgan fingerprint density at radius 3 is 2.30 bits per heavy atom. The van der Waals surface area contributed by atoms with Crippen LogP contribution in [0.2, 0.25) is 0 Å². The Balaban J connectivity index is 1.79. The third-order valence-electron chi connectivity index (χ3n) is 7.22. The lowest BCUT2D eigenvalue weighted by Crippen LogP contribution is -2.39. The molecule has 4 unspecified atom stereocenters. The van der Waals surface area contributed by atoms with Gasteiger partial charge in [-0.3, -0.25) is 24.5 Å². The molecule has 170 valence electrons. The van der Waals surface area contributed by atoms with E-state index in [0.717, 1.165) is 5.57 Å². The van der Waals surface area contributed by atoms with Crippen molar-refractivity contribution in [2.45, 2.75) is 25.7 Å². The van der Waals surface area contributed by atoms with Gasteiger partial charge in [0.2, 0.25) is 11.8 Å². The van der Waals surface area contributed by atoms with Gasteiger partial charge in [0, 0.05) is 40.3 Å². The zero-order valence-electron chi connectivity index (χ0n) is 18.4. The first-order valence-electron chi connectivity index (χ1n) is 10.8. The van der Waals surface area contributed by atoms with Gasteiger partial charge >= 0.3 is 0 Å². The average molecular weight is 449 g/mol. The number of ketones is 2. The van der Waals surface area contributed by atoms with Crippen LogP contribution in [0.15, 0.2) is 46.6 Å². The maximum absolute atomic E-state index is 13.3. The smallest absolute Gasteiger partial charge is 0.231 e. The number of methoxy groups -OCH3 is 2. The first kappa shape index (κ1) is 21.2. The summed E-state index contributed by atoms with van der Waals surface area (Å²) < 4.78 is 11.1. The number of hydrogen-bond acceptors (Lipinski definition) is 7. The molecule has 0 aromatic heterocycles. The van der Waals surface area contributed by atoms with Crippen molar-refractivity contribution in [3.63, 3.8) is 0 Å². The zero-order chi connectivity index (χ0) is 23.6. The fourth-order valence-corrected chi connectivity index (χ4v) is 5.83. The van der Waals surface area contributed by atoms with Crippen LogP contribution in [-0.4, -0.2) is 42.7 Å². The highest BCUT2D eigenvalue weighted by atomic mass is 16.5. The summed E-state index contributed by atoms with van der Waals surface area (Å²) in [6.45, 7) is 1.60. The Morgan fingerprint density at radius 1 is 1.00 bits per heavy atom. The first-order chi connectivity index (χ1) is 15.8. The lowest BCUT2D eigenvalue weighted by molar-refractivity contribution is -0.126. The Labute approximate surface area is 189 Å². The highest BCUT2D eigenvalue weighted by molar-refractivity contribution is 6.23. The van der Waals surface area contributed by atoms with Crippen LogP contribution >= 0.6 is 0 Å². The number of carbonyl (C=O) groups excluding carboxylic acids is 4. The number of ether oxygens (including phenoxy) is 2. The standard InChI is InChI=1S/C25H23NO7/c1-10-6-16(28)20-15(23(10)29)9-14-12(4-5-13-19(14)25(31)26-24(13)30)21(20)22-17(32-2)7-11(27)8-18(22)33-3/h4,6-8,13-14,19,21,27H,5,9H2,1-3H3,(H,26,30,31). The number of phenolic OH excluding ortho intramolecular Hbond substituents is 1. The van der Waals surface area contributed by atoms with E-state index in [9.17, 15) is 24.3 Å². The summed E-state index contributed by atoms with van der Waals surface area (Å²) in [4.78, 5) is 51.6. The van der Waals surface area contributed by atoms with Crippen molar-refractivity contribution < 1.29 is 33.8 Å². The number of phenols is 1. The van der Waals surface area contributed by atoms with Crippen LogP contribution in [0, 0.1) is 17.8 Å². The molecule has 1 aliphatic heterocycles. The monoisotopic (exact) mass is 449 g/mol. The van der Waals surface area contributed by atoms with Gasteiger partial charge < -0.3 is 14.6 Å². The van der Waals surface area contributed by atoms with Gasteiger partial charge in [0.25, 0.3) is 0 Å². The molecule has 0 bridgehead atoms. The van der Waals surface area contributed by atoms with E-state index in [-0.39, 0.29) is 35.6 Å². The number of carbonyl (C=O) groups is 4. The van der Waals surface area contributed by atoms with E-state index < -0.39 is 23.7 Å². The zero-order valence-corrected chi connectivity index (χ0v) is 18.4. The minimum absolute atomic E-state index is 0.0748. The van der Waals surface area contributed by atoms with Crippen LogP contribution in [0.4, 0.5) is 0 Å². The molecule has 8 heteroatoms. The van der Waals surface area contributed by atoms with E-state index in [1.165, 1.54) is 32.4 Å². The molecule has 1 saturated heterocycles. The molecule has 4 atom stereocenters. The maximum Gasteiger partial charge on any atom is 0.231 e. The molecule has 2 amide bonds. The van der Waals surface area contributed by atoms with Crippen LogP contribution in [0.3, 0.4) is 0 Å². The number of hydrogen-bond donors (Lipinski definition) is 2. The first-order valence-corrected chi connectivity index (χ1v) is 10.8. The summed E-state index contributed by atoms with van der Waals surface area (Å²) in [7, 11) is 2.89. The number of fused-ring (bicyclic) bond motifs is 3. The summed E-state index contributed by atoms with van der Waals surface area (Å²) in [6.07, 6.45) is 3.81. The molecule has 0 radical (unpaired) electrons. The molecular weight excluding hydrogens is 426 g/mol. The molecule has 1 aromatic rings. The Bertz CT molecular complexity index is 1210. The molecule has 0 spiro atoms. The Hall–Kier alpha value is -3.68. The number of allylic oxidation sites excluding steroid dienone is 6. The SMILES string of the molecule is COc1cc(O)cc(OC)c1C1C2=CCC3C(=O)NC(=O)C3C2CC2=C1C(=O)C=C(C)C2=O. The topological polar surface area (TPSA) is 119 Å². The van der Waals surface area contributed by atoms with E-state index in [0.29, 0.717) is 40.2 Å². The molecule has 1 aromatic carbocycles. The molecule has 0 saturated carbocycles. The van der Waals surface area contributed by atoms with E-state index in [4.69, 9.17) is 9.47 Å². The fourth-order valence-electron chi connectivity index (χ4n) is 5.83. The third kappa shape index (κ3) is 2.97. The minimum Gasteiger partial charge on any atom is -0.508 e. The molecule has 1 heterocycles. The van der Waals surface area contributed by atoms with Crippen LogP contribution in [-0.2, 0) is 19.2 Å². The van der Waals surface area contributed by atoms with Gasteiger partial charge in [-0.25, -0.2) is 0 Å². The molecule has 4 aliphatic rings. The van der Waals surface area contributed by atoms with Gasteiger partial charge in [-0.2, -0.15) is 0 Å². The van der Waals surface area contributed by atoms with E-state index in [2.05, 4.69) is 5.32 Å². The predicted octanol–water partition coefficient (Wildman–Crippen LogP) is 2.13. The quantitative estimate of drug-likeness (QED) is 0.412. The van der Waals surface area contributed by atoms with Gasteiger partial charge in [-0.05, 0) is 31.8 Å². The molecule has 8 nitrogen and oxygen atoms in total. The number of nitrogens with one attached hydrogen (secondary N) is 1. The summed E-state index contributed by atoms with van der Waals surface area (Å²) in [5.41, 5.74) is 2.32. The van der Waals surface area contributed by atoms with Gasteiger partial charge in [-0.15, -0.1) is 0 Å². The van der Waals surface area contributed by atoms with E-state index >= 15 is 0 Å². The number of imide groups is 1. The lowest BCUT2D eigenvalue weighted by Gasteiger charge is -2.42. The van der Waals surface area contributed by atoms with Crippen molar-refractivity contribution in [1.29, 1.82) is 0 Å². The van der Waals surface area contributed by atoms with Crippen molar-refractivity contribution >= 4 is 23.4 Å². The third-order valence-corrected chi connectivity index (χ3v) is 7.22. The molecule has 2 N–H and O–H groups in total. The number of Topliss-reactive ketones (excluding diaryl/α,β-unsaturated/α-hetero) is 1. The highest BCUT2D eigenvalue weighted by Crippen LogP contribution is 2.57. The van der Waals surface area contributed by atoms with Gasteiger partial charge in [0.05, 0.1) is 26.1 Å². The number of aromatic hydroxyl groups is 1. The largest absolute Gasteiger partial charge is 0.508 e. The summed E-state index contributed by atoms with van der Waals surface area (Å²) in [5.74, 6) is -2.91. The normalized spacial score (nSPS) is 28.5. The van der Waals surface area contributed by atoms with Crippen molar-refractivity contribution in [3.05, 3.63) is 52.1 Å². The maximum atomic E-state index is 13.3. The van der Waals surface area contributed by atoms with Crippen molar-refractivity contribution in [2.75, 3.05) is 14.2 Å². The second kappa shape index (κ2) is 7.43. The van der Waals surface area contributed by atoms with Crippen LogP contribution in [0.25, 0.3) is 0 Å². The number of amides is 2. The summed E-state index contributed by atoms with van der Waals surface area (Å²) in [5, 5.41) is 12.6. The summed E-state index contributed by atoms with van der Waals surface area (Å²) in [6, 6.07) is 2.85. The van der Waals surface area contributed by atoms with Crippen molar-refractivity contribution in [1.82, 2.24) is 5.32 Å². The van der Waals surface area contributed by atoms with Crippen LogP contribution < -0.4 is 14.8 Å². The van der Waals surface area contributed by atoms with Crippen LogP contribution in [0.1, 0.15) is 31.2 Å². The minimum atomic E-state index is -0.713. The number of rotatable bonds is 3. The fraction of sp³-hybridized carbons (Fsp3) is 0.360. The van der Waals surface area contributed by atoms with Gasteiger partial charge in [-0.1, -0.05) is 11.6 Å². The Morgan fingerprint density at radius 2 is 1.67 bits per heavy atom. The average Bonchev–Trinajstić information content (AvgIpc) is 3.09. The Kier molecular flexibility index (Phi) is 4.77.